The molecular formula is C15H25ClN2O2. The third-order valence-electron chi connectivity index (χ3n) is 3.13. The minimum absolute atomic E-state index is 0. The summed E-state index contributed by atoms with van der Waals surface area (Å²) in [5.41, 5.74) is 6.59. The summed E-state index contributed by atoms with van der Waals surface area (Å²) in [5.74, 6) is 0.866. The molecule has 20 heavy (non-hydrogen) atoms. The average molecular weight is 301 g/mol. The minimum Gasteiger partial charge on any atom is -0.497 e. The topological polar surface area (TPSA) is 55.6 Å². The molecule has 0 atom stereocenters. The summed E-state index contributed by atoms with van der Waals surface area (Å²) in [6, 6.07) is 7.59. The Labute approximate surface area is 127 Å². The molecule has 0 spiro atoms. The van der Waals surface area contributed by atoms with Crippen molar-refractivity contribution in [1.29, 1.82) is 0 Å². The van der Waals surface area contributed by atoms with E-state index in [1.54, 1.807) is 12.0 Å². The summed E-state index contributed by atoms with van der Waals surface area (Å²) in [7, 11) is 3.44. The second-order valence-corrected chi connectivity index (χ2v) is 5.65. The molecular weight excluding hydrogens is 276 g/mol. The Bertz CT molecular complexity index is 436. The minimum atomic E-state index is -0.0568. The van der Waals surface area contributed by atoms with Crippen molar-refractivity contribution in [3.63, 3.8) is 0 Å². The third kappa shape index (κ3) is 5.80. The zero-order valence-electron chi connectivity index (χ0n) is 12.7. The monoisotopic (exact) mass is 300 g/mol. The van der Waals surface area contributed by atoms with E-state index in [9.17, 15) is 4.79 Å². The van der Waals surface area contributed by atoms with Gasteiger partial charge in [-0.25, -0.2) is 0 Å². The highest BCUT2D eigenvalue weighted by Gasteiger charge is 2.21. The molecule has 0 aromatic heterocycles. The maximum atomic E-state index is 12.1. The Kier molecular flexibility index (Phi) is 7.61. The lowest BCUT2D eigenvalue weighted by Crippen LogP contribution is -2.40. The highest BCUT2D eigenvalue weighted by molar-refractivity contribution is 5.85. The van der Waals surface area contributed by atoms with E-state index in [1.807, 2.05) is 31.3 Å². The molecule has 0 bridgehead atoms. The number of nitrogens with zero attached hydrogens (tertiary/aromatic N) is 1. The van der Waals surface area contributed by atoms with Crippen LogP contribution in [-0.4, -0.2) is 38.1 Å². The first-order chi connectivity index (χ1) is 8.88. The van der Waals surface area contributed by atoms with Gasteiger partial charge in [0.05, 0.1) is 13.5 Å². The first-order valence-electron chi connectivity index (χ1n) is 6.45. The number of hydrogen-bond donors (Lipinski definition) is 1. The molecule has 4 nitrogen and oxygen atoms in total. The average Bonchev–Trinajstić information content (AvgIpc) is 2.38. The van der Waals surface area contributed by atoms with Crippen LogP contribution in [0.25, 0.3) is 0 Å². The van der Waals surface area contributed by atoms with Gasteiger partial charge in [-0.1, -0.05) is 26.0 Å². The lowest BCUT2D eigenvalue weighted by molar-refractivity contribution is -0.130. The smallest absolute Gasteiger partial charge is 0.226 e. The molecule has 114 valence electrons. The van der Waals surface area contributed by atoms with Crippen LogP contribution < -0.4 is 10.5 Å². The van der Waals surface area contributed by atoms with Crippen molar-refractivity contribution < 1.29 is 9.53 Å². The predicted molar refractivity (Wildman–Crippen MR) is 84.4 cm³/mol. The van der Waals surface area contributed by atoms with Crippen LogP contribution in [0.2, 0.25) is 0 Å². The van der Waals surface area contributed by atoms with E-state index >= 15 is 0 Å². The van der Waals surface area contributed by atoms with Gasteiger partial charge in [0, 0.05) is 13.6 Å². The second-order valence-electron chi connectivity index (χ2n) is 5.65. The second kappa shape index (κ2) is 8.12. The third-order valence-corrected chi connectivity index (χ3v) is 3.13. The SMILES string of the molecule is COc1cccc(CC(=O)N(C)CC(C)(C)CN)c1.Cl. The first-order valence-corrected chi connectivity index (χ1v) is 6.45. The summed E-state index contributed by atoms with van der Waals surface area (Å²) in [6.07, 6.45) is 0.383. The van der Waals surface area contributed by atoms with Crippen molar-refractivity contribution in [3.05, 3.63) is 29.8 Å². The van der Waals surface area contributed by atoms with Crippen LogP contribution in [0.4, 0.5) is 0 Å². The fraction of sp³-hybridized carbons (Fsp3) is 0.533. The number of carbonyl (C=O) groups is 1. The Morgan fingerprint density at radius 2 is 2.05 bits per heavy atom. The number of halogens is 1. The summed E-state index contributed by atoms with van der Waals surface area (Å²) in [5, 5.41) is 0. The molecule has 0 radical (unpaired) electrons. The molecule has 1 amide bonds. The van der Waals surface area contributed by atoms with Crippen molar-refractivity contribution in [2.24, 2.45) is 11.1 Å². The number of carbonyl (C=O) groups excluding carboxylic acids is 1. The number of rotatable bonds is 6. The van der Waals surface area contributed by atoms with Gasteiger partial charge in [0.2, 0.25) is 5.91 Å². The van der Waals surface area contributed by atoms with Crippen LogP contribution in [-0.2, 0) is 11.2 Å². The molecule has 5 heteroatoms. The van der Waals surface area contributed by atoms with Crippen LogP contribution >= 0.6 is 12.4 Å². The van der Waals surface area contributed by atoms with E-state index < -0.39 is 0 Å². The summed E-state index contributed by atoms with van der Waals surface area (Å²) < 4.78 is 5.15. The predicted octanol–water partition coefficient (Wildman–Crippen LogP) is 2.10. The molecule has 0 unspecified atom stereocenters. The van der Waals surface area contributed by atoms with E-state index in [1.165, 1.54) is 0 Å². The lowest BCUT2D eigenvalue weighted by Gasteiger charge is -2.29. The fourth-order valence-corrected chi connectivity index (χ4v) is 1.89. The molecule has 0 aliphatic carbocycles. The van der Waals surface area contributed by atoms with Gasteiger partial charge in [0.1, 0.15) is 5.75 Å². The summed E-state index contributed by atoms with van der Waals surface area (Å²) in [4.78, 5) is 13.9. The maximum Gasteiger partial charge on any atom is 0.226 e. The first kappa shape index (κ1) is 18.7. The number of ether oxygens (including phenoxy) is 1. The van der Waals surface area contributed by atoms with Gasteiger partial charge in [-0.05, 0) is 29.7 Å². The molecule has 1 aromatic carbocycles. The Morgan fingerprint density at radius 1 is 1.40 bits per heavy atom. The molecule has 1 aromatic rings. The fourth-order valence-electron chi connectivity index (χ4n) is 1.89. The van der Waals surface area contributed by atoms with Gasteiger partial charge in [0.25, 0.3) is 0 Å². The molecule has 2 N–H and O–H groups in total. The number of hydrogen-bond acceptors (Lipinski definition) is 3. The normalized spacial score (nSPS) is 10.7. The van der Waals surface area contributed by atoms with Gasteiger partial charge in [0.15, 0.2) is 0 Å². The number of amides is 1. The van der Waals surface area contributed by atoms with Crippen LogP contribution in [0, 0.1) is 5.41 Å². The molecule has 0 heterocycles. The molecule has 0 saturated heterocycles. The van der Waals surface area contributed by atoms with Gasteiger partial charge in [-0.2, -0.15) is 0 Å². The summed E-state index contributed by atoms with van der Waals surface area (Å²) >= 11 is 0. The molecule has 0 aliphatic heterocycles. The highest BCUT2D eigenvalue weighted by atomic mass is 35.5. The van der Waals surface area contributed by atoms with Crippen molar-refractivity contribution in [2.75, 3.05) is 27.2 Å². The van der Waals surface area contributed by atoms with Gasteiger partial charge >= 0.3 is 0 Å². The van der Waals surface area contributed by atoms with E-state index in [0.29, 0.717) is 19.5 Å². The zero-order chi connectivity index (χ0) is 14.5. The largest absolute Gasteiger partial charge is 0.497 e. The molecule has 1 rings (SSSR count). The van der Waals surface area contributed by atoms with Crippen molar-refractivity contribution in [3.8, 4) is 5.75 Å². The van der Waals surface area contributed by atoms with Crippen molar-refractivity contribution in [2.45, 2.75) is 20.3 Å². The van der Waals surface area contributed by atoms with Crippen molar-refractivity contribution in [1.82, 2.24) is 4.90 Å². The number of likely N-dealkylation sites (N-methyl/N-ethyl adjacent to an activating group) is 1. The van der Waals surface area contributed by atoms with E-state index in [-0.39, 0.29) is 23.7 Å². The van der Waals surface area contributed by atoms with Gasteiger partial charge in [-0.3, -0.25) is 4.79 Å². The number of methoxy groups -OCH3 is 1. The van der Waals surface area contributed by atoms with E-state index in [4.69, 9.17) is 10.5 Å². The number of benzene rings is 1. The van der Waals surface area contributed by atoms with Crippen molar-refractivity contribution >= 4 is 18.3 Å². The standard InChI is InChI=1S/C15H24N2O2.ClH/c1-15(2,10-16)11-17(3)14(18)9-12-6-5-7-13(8-12)19-4;/h5-8H,9-11,16H2,1-4H3;1H. The van der Waals surface area contributed by atoms with E-state index in [0.717, 1.165) is 11.3 Å². The van der Waals surface area contributed by atoms with E-state index in [2.05, 4.69) is 13.8 Å². The maximum absolute atomic E-state index is 12.1. The van der Waals surface area contributed by atoms with Crippen LogP contribution in [0.5, 0.6) is 5.75 Å². The van der Waals surface area contributed by atoms with Gasteiger partial charge < -0.3 is 15.4 Å². The lowest BCUT2D eigenvalue weighted by atomic mass is 9.93. The Hall–Kier alpha value is -1.26. The van der Waals surface area contributed by atoms with Crippen LogP contribution in [0.15, 0.2) is 24.3 Å². The zero-order valence-corrected chi connectivity index (χ0v) is 13.5. The number of nitrogens with two attached hydrogens (primary N) is 1. The summed E-state index contributed by atoms with van der Waals surface area (Å²) in [6.45, 7) is 5.33. The molecule has 0 aliphatic rings. The molecule has 0 fully saturated rings. The quantitative estimate of drug-likeness (QED) is 0.875. The van der Waals surface area contributed by atoms with Crippen LogP contribution in [0.3, 0.4) is 0 Å². The molecule has 0 saturated carbocycles. The Balaban J connectivity index is 0.00000361. The highest BCUT2D eigenvalue weighted by Crippen LogP contribution is 2.16. The van der Waals surface area contributed by atoms with Gasteiger partial charge in [-0.15, -0.1) is 12.4 Å². The van der Waals surface area contributed by atoms with Crippen LogP contribution in [0.1, 0.15) is 19.4 Å². The Morgan fingerprint density at radius 3 is 2.60 bits per heavy atom.